The van der Waals surface area contributed by atoms with Gasteiger partial charge in [0.2, 0.25) is 0 Å². The zero-order chi connectivity index (χ0) is 14.0. The number of phenolic OH excluding ortho intramolecular Hbond substituents is 1. The number of rotatable bonds is 2. The van der Waals surface area contributed by atoms with E-state index in [9.17, 15) is 9.90 Å². The molecule has 0 bridgehead atoms. The van der Waals surface area contributed by atoms with Crippen molar-refractivity contribution in [1.29, 1.82) is 0 Å². The first-order valence-corrected chi connectivity index (χ1v) is 6.49. The molecule has 0 radical (unpaired) electrons. The van der Waals surface area contributed by atoms with Crippen LogP contribution >= 0.6 is 27.5 Å². The first-order chi connectivity index (χ1) is 8.97. The summed E-state index contributed by atoms with van der Waals surface area (Å²) in [5, 5.41) is 12.3. The summed E-state index contributed by atoms with van der Waals surface area (Å²) in [6, 6.07) is 9.21. The van der Waals surface area contributed by atoms with Crippen LogP contribution in [-0.2, 0) is 0 Å². The second kappa shape index (κ2) is 5.50. The summed E-state index contributed by atoms with van der Waals surface area (Å²) in [6.07, 6.45) is 0. The summed E-state index contributed by atoms with van der Waals surface area (Å²) in [7, 11) is 0. The molecular formula is C13H10BrClN2O2. The largest absolute Gasteiger partial charge is 0.508 e. The van der Waals surface area contributed by atoms with Crippen molar-refractivity contribution in [3.05, 3.63) is 51.5 Å². The molecule has 98 valence electrons. The molecule has 0 aromatic heterocycles. The second-order valence-electron chi connectivity index (χ2n) is 3.86. The van der Waals surface area contributed by atoms with Crippen LogP contribution in [0.15, 0.2) is 40.9 Å². The van der Waals surface area contributed by atoms with Crippen molar-refractivity contribution < 1.29 is 9.90 Å². The minimum Gasteiger partial charge on any atom is -0.508 e. The minimum atomic E-state index is -0.411. The third kappa shape index (κ3) is 3.19. The molecule has 0 saturated heterocycles. The third-order valence-electron chi connectivity index (χ3n) is 2.44. The molecule has 4 nitrogen and oxygen atoms in total. The van der Waals surface area contributed by atoms with E-state index in [0.29, 0.717) is 15.8 Å². The Morgan fingerprint density at radius 2 is 2.00 bits per heavy atom. The predicted octanol–water partition coefficient (Wildman–Crippen LogP) is 3.64. The van der Waals surface area contributed by atoms with Gasteiger partial charge in [0, 0.05) is 10.2 Å². The maximum Gasteiger partial charge on any atom is 0.257 e. The molecule has 4 N–H and O–H groups in total. The van der Waals surface area contributed by atoms with Crippen molar-refractivity contribution in [1.82, 2.24) is 0 Å². The van der Waals surface area contributed by atoms with Gasteiger partial charge in [-0.2, -0.15) is 0 Å². The minimum absolute atomic E-state index is 0.0223. The van der Waals surface area contributed by atoms with E-state index >= 15 is 0 Å². The molecule has 0 aliphatic rings. The number of anilines is 2. The fourth-order valence-corrected chi connectivity index (χ4v) is 2.21. The summed E-state index contributed by atoms with van der Waals surface area (Å²) < 4.78 is 0.664. The topological polar surface area (TPSA) is 75.3 Å². The van der Waals surface area contributed by atoms with Gasteiger partial charge < -0.3 is 16.2 Å². The lowest BCUT2D eigenvalue weighted by Gasteiger charge is -2.09. The molecule has 2 aromatic rings. The van der Waals surface area contributed by atoms with Gasteiger partial charge in [0.15, 0.2) is 0 Å². The van der Waals surface area contributed by atoms with Gasteiger partial charge in [-0.3, -0.25) is 4.79 Å². The Kier molecular flexibility index (Phi) is 3.97. The summed E-state index contributed by atoms with van der Waals surface area (Å²) in [5.41, 5.74) is 6.97. The average Bonchev–Trinajstić information content (AvgIpc) is 2.35. The van der Waals surface area contributed by atoms with Gasteiger partial charge >= 0.3 is 0 Å². The maximum absolute atomic E-state index is 12.1. The van der Waals surface area contributed by atoms with Gasteiger partial charge in [-0.1, -0.05) is 11.6 Å². The van der Waals surface area contributed by atoms with E-state index in [1.165, 1.54) is 18.2 Å². The Balaban J connectivity index is 2.28. The SMILES string of the molecule is Nc1ccc(NC(=O)c2cc(O)ccc2Cl)c(Br)c1. The highest BCUT2D eigenvalue weighted by Crippen LogP contribution is 2.27. The van der Waals surface area contributed by atoms with Crippen LogP contribution in [0.2, 0.25) is 5.02 Å². The van der Waals surface area contributed by atoms with Crippen molar-refractivity contribution in [2.75, 3.05) is 11.1 Å². The fourth-order valence-electron chi connectivity index (χ4n) is 1.51. The zero-order valence-corrected chi connectivity index (χ0v) is 12.0. The zero-order valence-electron chi connectivity index (χ0n) is 9.65. The number of amides is 1. The number of nitrogen functional groups attached to an aromatic ring is 1. The van der Waals surface area contributed by atoms with Crippen molar-refractivity contribution in [2.24, 2.45) is 0 Å². The molecule has 6 heteroatoms. The first-order valence-electron chi connectivity index (χ1n) is 5.32. The van der Waals surface area contributed by atoms with Crippen LogP contribution in [0.1, 0.15) is 10.4 Å². The highest BCUT2D eigenvalue weighted by molar-refractivity contribution is 9.10. The van der Waals surface area contributed by atoms with Gasteiger partial charge in [0.25, 0.3) is 5.91 Å². The number of hydrogen-bond donors (Lipinski definition) is 3. The summed E-state index contributed by atoms with van der Waals surface area (Å²) >= 11 is 9.22. The summed E-state index contributed by atoms with van der Waals surface area (Å²) in [5.74, 6) is -0.433. The van der Waals surface area contributed by atoms with E-state index < -0.39 is 5.91 Å². The average molecular weight is 342 g/mol. The van der Waals surface area contributed by atoms with Gasteiger partial charge in [0.1, 0.15) is 5.75 Å². The Bertz CT molecular complexity index is 647. The molecule has 0 atom stereocenters. The van der Waals surface area contributed by atoms with Crippen molar-refractivity contribution in [3.8, 4) is 5.75 Å². The number of benzene rings is 2. The normalized spacial score (nSPS) is 10.2. The van der Waals surface area contributed by atoms with Crippen LogP contribution in [0, 0.1) is 0 Å². The number of nitrogens with one attached hydrogen (secondary N) is 1. The fraction of sp³-hybridized carbons (Fsp3) is 0. The highest BCUT2D eigenvalue weighted by Gasteiger charge is 2.12. The van der Waals surface area contributed by atoms with Crippen LogP contribution in [0.3, 0.4) is 0 Å². The number of aromatic hydroxyl groups is 1. The smallest absolute Gasteiger partial charge is 0.257 e. The molecular weight excluding hydrogens is 332 g/mol. The summed E-state index contributed by atoms with van der Waals surface area (Å²) in [4.78, 5) is 12.1. The number of carbonyl (C=O) groups is 1. The van der Waals surface area contributed by atoms with E-state index in [2.05, 4.69) is 21.2 Å². The monoisotopic (exact) mass is 340 g/mol. The molecule has 2 aromatic carbocycles. The van der Waals surface area contributed by atoms with E-state index in [4.69, 9.17) is 17.3 Å². The molecule has 0 saturated carbocycles. The maximum atomic E-state index is 12.1. The van der Waals surface area contributed by atoms with Crippen molar-refractivity contribution in [3.63, 3.8) is 0 Å². The number of nitrogens with two attached hydrogens (primary N) is 1. The van der Waals surface area contributed by atoms with Crippen LogP contribution in [-0.4, -0.2) is 11.0 Å². The third-order valence-corrected chi connectivity index (χ3v) is 3.42. The Hall–Kier alpha value is -1.72. The van der Waals surface area contributed by atoms with Gasteiger partial charge in [-0.05, 0) is 52.3 Å². The molecule has 19 heavy (non-hydrogen) atoms. The lowest BCUT2D eigenvalue weighted by molar-refractivity contribution is 0.102. The Morgan fingerprint density at radius 3 is 2.68 bits per heavy atom. The van der Waals surface area contributed by atoms with Crippen molar-refractivity contribution >= 4 is 44.8 Å². The van der Waals surface area contributed by atoms with Crippen LogP contribution in [0.25, 0.3) is 0 Å². The molecule has 0 unspecified atom stereocenters. The molecule has 0 fully saturated rings. The van der Waals surface area contributed by atoms with E-state index in [0.717, 1.165) is 0 Å². The molecule has 0 spiro atoms. The van der Waals surface area contributed by atoms with Gasteiger partial charge in [-0.15, -0.1) is 0 Å². The Morgan fingerprint density at radius 1 is 1.26 bits per heavy atom. The lowest BCUT2D eigenvalue weighted by Crippen LogP contribution is -2.12. The standard InChI is InChI=1S/C13H10BrClN2O2/c14-10-5-7(16)1-4-12(10)17-13(19)9-6-8(18)2-3-11(9)15/h1-6,18H,16H2,(H,17,19). The number of phenols is 1. The second-order valence-corrected chi connectivity index (χ2v) is 5.12. The number of halogens is 2. The highest BCUT2D eigenvalue weighted by atomic mass is 79.9. The van der Waals surface area contributed by atoms with E-state index in [-0.39, 0.29) is 16.3 Å². The molecule has 1 amide bonds. The van der Waals surface area contributed by atoms with Crippen LogP contribution in [0.5, 0.6) is 5.75 Å². The molecule has 0 heterocycles. The number of hydrogen-bond acceptors (Lipinski definition) is 3. The predicted molar refractivity (Wildman–Crippen MR) is 79.6 cm³/mol. The van der Waals surface area contributed by atoms with Crippen LogP contribution < -0.4 is 11.1 Å². The van der Waals surface area contributed by atoms with E-state index in [1.807, 2.05) is 0 Å². The molecule has 0 aliphatic carbocycles. The number of carbonyl (C=O) groups excluding carboxylic acids is 1. The van der Waals surface area contributed by atoms with Gasteiger partial charge in [-0.25, -0.2) is 0 Å². The van der Waals surface area contributed by atoms with Crippen molar-refractivity contribution in [2.45, 2.75) is 0 Å². The van der Waals surface area contributed by atoms with Gasteiger partial charge in [0.05, 0.1) is 16.3 Å². The van der Waals surface area contributed by atoms with E-state index in [1.54, 1.807) is 18.2 Å². The van der Waals surface area contributed by atoms with Crippen LogP contribution in [0.4, 0.5) is 11.4 Å². The quantitative estimate of drug-likeness (QED) is 0.730. The first kappa shape index (κ1) is 13.7. The lowest BCUT2D eigenvalue weighted by atomic mass is 10.2. The Labute approximate surface area is 123 Å². The summed E-state index contributed by atoms with van der Waals surface area (Å²) in [6.45, 7) is 0. The molecule has 0 aliphatic heterocycles. The molecule has 2 rings (SSSR count).